The maximum absolute atomic E-state index is 6.01. The van der Waals surface area contributed by atoms with Crippen LogP contribution in [0.5, 0.6) is 0 Å². The van der Waals surface area contributed by atoms with Gasteiger partial charge in [-0.15, -0.1) is 0 Å². The average Bonchev–Trinajstić information content (AvgIpc) is 2.71. The van der Waals surface area contributed by atoms with E-state index in [1.807, 2.05) is 25.1 Å². The first kappa shape index (κ1) is 16.7. The standard InChI is InChI=1S/C21H22N4O/c1-15-16(2)23-20(18-8-10-22-11-9-18)24-21(15)25-12-13-26-19(14-25)17-6-4-3-5-7-17/h3-11,19H,12-14H2,1-2H3. The zero-order valence-corrected chi connectivity index (χ0v) is 15.1. The number of nitrogens with zero attached hydrogens (tertiary/aromatic N) is 4. The van der Waals surface area contributed by atoms with Gasteiger partial charge >= 0.3 is 0 Å². The Labute approximate surface area is 153 Å². The zero-order chi connectivity index (χ0) is 17.9. The minimum Gasteiger partial charge on any atom is -0.370 e. The van der Waals surface area contributed by atoms with Crippen molar-refractivity contribution in [2.24, 2.45) is 0 Å². The minimum atomic E-state index is 0.0593. The second-order valence-electron chi connectivity index (χ2n) is 6.53. The second-order valence-corrected chi connectivity index (χ2v) is 6.53. The monoisotopic (exact) mass is 346 g/mol. The predicted octanol–water partition coefficient (Wildman–Crippen LogP) is 3.73. The van der Waals surface area contributed by atoms with E-state index in [2.05, 4.69) is 46.1 Å². The minimum absolute atomic E-state index is 0.0593. The van der Waals surface area contributed by atoms with Gasteiger partial charge in [0.2, 0.25) is 0 Å². The van der Waals surface area contributed by atoms with Crippen LogP contribution in [-0.2, 0) is 4.74 Å². The lowest BCUT2D eigenvalue weighted by Crippen LogP contribution is -2.39. The molecule has 2 aromatic heterocycles. The summed E-state index contributed by atoms with van der Waals surface area (Å²) in [6, 6.07) is 14.3. The molecule has 3 aromatic rings. The molecule has 0 aliphatic carbocycles. The third kappa shape index (κ3) is 3.30. The quantitative estimate of drug-likeness (QED) is 0.723. The molecule has 0 radical (unpaired) electrons. The lowest BCUT2D eigenvalue weighted by atomic mass is 10.1. The molecule has 0 bridgehead atoms. The van der Waals surface area contributed by atoms with Crippen molar-refractivity contribution in [1.29, 1.82) is 0 Å². The Balaban J connectivity index is 1.67. The van der Waals surface area contributed by atoms with Crippen LogP contribution < -0.4 is 4.90 Å². The lowest BCUT2D eigenvalue weighted by molar-refractivity contribution is 0.0395. The highest BCUT2D eigenvalue weighted by Crippen LogP contribution is 2.29. The van der Waals surface area contributed by atoms with Crippen molar-refractivity contribution in [3.63, 3.8) is 0 Å². The Kier molecular flexibility index (Phi) is 4.63. The van der Waals surface area contributed by atoms with Gasteiger partial charge < -0.3 is 9.64 Å². The van der Waals surface area contributed by atoms with Gasteiger partial charge in [-0.25, -0.2) is 9.97 Å². The number of pyridine rings is 1. The first-order valence-corrected chi connectivity index (χ1v) is 8.89. The molecule has 5 nitrogen and oxygen atoms in total. The van der Waals surface area contributed by atoms with Crippen LogP contribution in [0, 0.1) is 13.8 Å². The van der Waals surface area contributed by atoms with Gasteiger partial charge in [0.1, 0.15) is 11.9 Å². The van der Waals surface area contributed by atoms with E-state index in [9.17, 15) is 0 Å². The van der Waals surface area contributed by atoms with Gasteiger partial charge in [0, 0.05) is 42.3 Å². The van der Waals surface area contributed by atoms with Gasteiger partial charge in [-0.05, 0) is 31.5 Å². The Morgan fingerprint density at radius 2 is 1.77 bits per heavy atom. The van der Waals surface area contributed by atoms with Crippen LogP contribution >= 0.6 is 0 Å². The first-order chi connectivity index (χ1) is 12.7. The Morgan fingerprint density at radius 3 is 2.54 bits per heavy atom. The third-order valence-corrected chi connectivity index (χ3v) is 4.84. The average molecular weight is 346 g/mol. The van der Waals surface area contributed by atoms with E-state index >= 15 is 0 Å². The van der Waals surface area contributed by atoms with Crippen LogP contribution in [0.4, 0.5) is 5.82 Å². The maximum atomic E-state index is 6.01. The number of anilines is 1. The number of morpholine rings is 1. The summed E-state index contributed by atoms with van der Waals surface area (Å²) in [6.45, 7) is 6.44. The molecule has 1 atom stereocenters. The van der Waals surface area contributed by atoms with E-state index in [1.54, 1.807) is 12.4 Å². The number of hydrogen-bond donors (Lipinski definition) is 0. The fourth-order valence-corrected chi connectivity index (χ4v) is 3.26. The van der Waals surface area contributed by atoms with Crippen molar-refractivity contribution in [1.82, 2.24) is 15.0 Å². The van der Waals surface area contributed by atoms with Crippen molar-refractivity contribution in [3.8, 4) is 11.4 Å². The van der Waals surface area contributed by atoms with Crippen LogP contribution in [0.25, 0.3) is 11.4 Å². The Bertz CT molecular complexity index is 883. The maximum Gasteiger partial charge on any atom is 0.161 e. The van der Waals surface area contributed by atoms with Crippen LogP contribution in [0.15, 0.2) is 54.9 Å². The normalized spacial score (nSPS) is 17.3. The molecule has 132 valence electrons. The summed E-state index contributed by atoms with van der Waals surface area (Å²) in [6.07, 6.45) is 3.60. The molecule has 1 unspecified atom stereocenters. The smallest absolute Gasteiger partial charge is 0.161 e. The van der Waals surface area contributed by atoms with Crippen LogP contribution in [-0.4, -0.2) is 34.6 Å². The summed E-state index contributed by atoms with van der Waals surface area (Å²) in [5.74, 6) is 1.74. The summed E-state index contributed by atoms with van der Waals surface area (Å²) in [5.41, 5.74) is 4.31. The van der Waals surface area contributed by atoms with E-state index in [0.717, 1.165) is 41.6 Å². The molecule has 3 heterocycles. The van der Waals surface area contributed by atoms with Gasteiger partial charge in [-0.2, -0.15) is 0 Å². The molecule has 0 saturated carbocycles. The van der Waals surface area contributed by atoms with Crippen molar-refractivity contribution >= 4 is 5.82 Å². The highest BCUT2D eigenvalue weighted by molar-refractivity contribution is 5.60. The molecule has 1 fully saturated rings. The second kappa shape index (κ2) is 7.22. The van der Waals surface area contributed by atoms with Crippen molar-refractivity contribution in [2.75, 3.05) is 24.6 Å². The SMILES string of the molecule is Cc1nc(-c2ccncc2)nc(N2CCOC(c3ccccc3)C2)c1C. The number of ether oxygens (including phenoxy) is 1. The molecule has 1 saturated heterocycles. The highest BCUT2D eigenvalue weighted by atomic mass is 16.5. The van der Waals surface area contributed by atoms with E-state index in [4.69, 9.17) is 9.72 Å². The number of hydrogen-bond acceptors (Lipinski definition) is 5. The van der Waals surface area contributed by atoms with Gasteiger partial charge in [0.25, 0.3) is 0 Å². The Morgan fingerprint density at radius 1 is 1.00 bits per heavy atom. The third-order valence-electron chi connectivity index (χ3n) is 4.84. The van der Waals surface area contributed by atoms with E-state index < -0.39 is 0 Å². The number of aryl methyl sites for hydroxylation is 1. The number of benzene rings is 1. The molecule has 1 aromatic carbocycles. The summed E-state index contributed by atoms with van der Waals surface area (Å²) in [7, 11) is 0. The highest BCUT2D eigenvalue weighted by Gasteiger charge is 2.25. The van der Waals surface area contributed by atoms with Gasteiger partial charge in [0.05, 0.1) is 6.61 Å². The fraction of sp³-hybridized carbons (Fsp3) is 0.286. The fourth-order valence-electron chi connectivity index (χ4n) is 3.26. The molecule has 5 heteroatoms. The van der Waals surface area contributed by atoms with Gasteiger partial charge in [0.15, 0.2) is 5.82 Å². The van der Waals surface area contributed by atoms with Crippen LogP contribution in [0.1, 0.15) is 22.9 Å². The summed E-state index contributed by atoms with van der Waals surface area (Å²) >= 11 is 0. The Hall–Kier alpha value is -2.79. The zero-order valence-electron chi connectivity index (χ0n) is 15.1. The lowest BCUT2D eigenvalue weighted by Gasteiger charge is -2.35. The topological polar surface area (TPSA) is 51.1 Å². The van der Waals surface area contributed by atoms with E-state index in [-0.39, 0.29) is 6.10 Å². The van der Waals surface area contributed by atoms with Gasteiger partial charge in [-0.3, -0.25) is 4.98 Å². The number of aromatic nitrogens is 3. The first-order valence-electron chi connectivity index (χ1n) is 8.89. The van der Waals surface area contributed by atoms with Gasteiger partial charge in [-0.1, -0.05) is 30.3 Å². The molecular weight excluding hydrogens is 324 g/mol. The summed E-state index contributed by atoms with van der Waals surface area (Å²) < 4.78 is 6.01. The molecule has 0 spiro atoms. The van der Waals surface area contributed by atoms with Crippen LogP contribution in [0.3, 0.4) is 0 Å². The molecule has 0 N–H and O–H groups in total. The van der Waals surface area contributed by atoms with Crippen molar-refractivity contribution in [3.05, 3.63) is 71.7 Å². The molecular formula is C21H22N4O. The largest absolute Gasteiger partial charge is 0.370 e. The molecule has 1 aliphatic heterocycles. The molecule has 0 amide bonds. The van der Waals surface area contributed by atoms with Crippen molar-refractivity contribution < 1.29 is 4.74 Å². The predicted molar refractivity (Wildman–Crippen MR) is 102 cm³/mol. The summed E-state index contributed by atoms with van der Waals surface area (Å²) in [5, 5.41) is 0. The molecule has 1 aliphatic rings. The number of rotatable bonds is 3. The van der Waals surface area contributed by atoms with Crippen molar-refractivity contribution in [2.45, 2.75) is 20.0 Å². The summed E-state index contributed by atoms with van der Waals surface area (Å²) in [4.78, 5) is 16.0. The molecule has 26 heavy (non-hydrogen) atoms. The van der Waals surface area contributed by atoms with E-state index in [1.165, 1.54) is 5.56 Å². The van der Waals surface area contributed by atoms with E-state index in [0.29, 0.717) is 6.61 Å². The van der Waals surface area contributed by atoms with Crippen LogP contribution in [0.2, 0.25) is 0 Å². The molecule has 4 rings (SSSR count).